The largest absolute Gasteiger partial charge is 0.395 e. The molecular weight excluding hydrogens is 320 g/mol. The Morgan fingerprint density at radius 3 is 2.91 bits per heavy atom. The smallest absolute Gasteiger partial charge is 0.220 e. The number of nitrogens with one attached hydrogen (secondary N) is 1. The molecule has 0 unspecified atom stereocenters. The number of thioether (sulfide) groups is 1. The molecule has 22 heavy (non-hydrogen) atoms. The number of thiophene rings is 1. The van der Waals surface area contributed by atoms with Crippen LogP contribution in [-0.2, 0) is 4.79 Å². The maximum atomic E-state index is 11.4. The van der Waals surface area contributed by atoms with Gasteiger partial charge in [-0.3, -0.25) is 4.79 Å². The fraction of sp³-hybridized carbons (Fsp3) is 0.500. The van der Waals surface area contributed by atoms with Crippen LogP contribution in [0, 0.1) is 13.8 Å². The first kappa shape index (κ1) is 17.0. The number of hydrogen-bond acceptors (Lipinski definition) is 7. The van der Waals surface area contributed by atoms with Gasteiger partial charge in [-0.25, -0.2) is 9.97 Å². The molecule has 0 fully saturated rings. The molecule has 0 aromatic carbocycles. The third kappa shape index (κ3) is 4.08. The van der Waals surface area contributed by atoms with E-state index >= 15 is 0 Å². The Balaban J connectivity index is 1.91. The van der Waals surface area contributed by atoms with Crippen LogP contribution >= 0.6 is 23.1 Å². The van der Waals surface area contributed by atoms with Gasteiger partial charge in [-0.1, -0.05) is 11.8 Å². The maximum absolute atomic E-state index is 11.4. The first-order chi connectivity index (χ1) is 10.5. The van der Waals surface area contributed by atoms with Gasteiger partial charge in [-0.2, -0.15) is 0 Å². The molecule has 0 aliphatic carbocycles. The van der Waals surface area contributed by atoms with Gasteiger partial charge in [0, 0.05) is 23.6 Å². The van der Waals surface area contributed by atoms with Gasteiger partial charge in [-0.05, 0) is 25.8 Å². The summed E-state index contributed by atoms with van der Waals surface area (Å²) in [6.45, 7) is 4.36. The number of anilines is 1. The van der Waals surface area contributed by atoms with E-state index in [-0.39, 0.29) is 12.5 Å². The highest BCUT2D eigenvalue weighted by molar-refractivity contribution is 7.99. The quantitative estimate of drug-likeness (QED) is 0.404. The lowest BCUT2D eigenvalue weighted by molar-refractivity contribution is -0.121. The molecule has 0 bridgehead atoms. The first-order valence-corrected chi connectivity index (χ1v) is 8.86. The molecular formula is C14H20N4O2S2. The Bertz CT molecular complexity index is 672. The van der Waals surface area contributed by atoms with Crippen LogP contribution in [0.25, 0.3) is 10.2 Å². The molecule has 0 spiro atoms. The van der Waals surface area contributed by atoms with Crippen molar-refractivity contribution in [1.29, 1.82) is 0 Å². The van der Waals surface area contributed by atoms with Crippen molar-refractivity contribution in [3.8, 4) is 0 Å². The second kappa shape index (κ2) is 7.75. The highest BCUT2D eigenvalue weighted by Gasteiger charge is 2.12. The van der Waals surface area contributed by atoms with E-state index in [9.17, 15) is 4.79 Å². The minimum Gasteiger partial charge on any atom is -0.395 e. The molecule has 0 aliphatic heterocycles. The zero-order chi connectivity index (χ0) is 16.1. The number of nitrogen functional groups attached to an aromatic ring is 1. The number of nitrogens with two attached hydrogens (primary N) is 1. The van der Waals surface area contributed by atoms with Gasteiger partial charge in [0.15, 0.2) is 5.16 Å². The Morgan fingerprint density at radius 2 is 2.18 bits per heavy atom. The number of carbonyl (C=O) groups is 1. The van der Waals surface area contributed by atoms with E-state index in [2.05, 4.69) is 22.2 Å². The standard InChI is InChI=1S/C14H20N4O2S2/c1-8-9(2)22-13-11(8)12(15)17-14(18-13)21-7-3-4-10(20)16-5-6-19/h19H,3-7H2,1-2H3,(H,16,20)(H2,15,17,18). The zero-order valence-corrected chi connectivity index (χ0v) is 14.3. The summed E-state index contributed by atoms with van der Waals surface area (Å²) in [5.74, 6) is 1.23. The number of aryl methyl sites for hydroxylation is 2. The topological polar surface area (TPSA) is 101 Å². The number of fused-ring (bicyclic) bond motifs is 1. The fourth-order valence-electron chi connectivity index (χ4n) is 2.00. The Kier molecular flexibility index (Phi) is 5.98. The van der Waals surface area contributed by atoms with Gasteiger partial charge in [0.2, 0.25) is 5.91 Å². The average molecular weight is 340 g/mol. The molecule has 2 heterocycles. The fourth-order valence-corrected chi connectivity index (χ4v) is 3.89. The Labute approximate surface area is 137 Å². The van der Waals surface area contributed by atoms with Crippen LogP contribution in [0.3, 0.4) is 0 Å². The van der Waals surface area contributed by atoms with Crippen LogP contribution in [-0.4, -0.2) is 39.9 Å². The lowest BCUT2D eigenvalue weighted by atomic mass is 10.2. The Morgan fingerprint density at radius 1 is 1.41 bits per heavy atom. The van der Waals surface area contributed by atoms with Gasteiger partial charge in [-0.15, -0.1) is 11.3 Å². The van der Waals surface area contributed by atoms with Crippen molar-refractivity contribution in [1.82, 2.24) is 15.3 Å². The number of aliphatic hydroxyl groups is 1. The summed E-state index contributed by atoms with van der Waals surface area (Å²) in [7, 11) is 0. The molecule has 2 aromatic heterocycles. The summed E-state index contributed by atoms with van der Waals surface area (Å²) in [5, 5.41) is 12.9. The summed E-state index contributed by atoms with van der Waals surface area (Å²) >= 11 is 3.13. The Hall–Kier alpha value is -1.38. The van der Waals surface area contributed by atoms with Gasteiger partial charge in [0.05, 0.1) is 12.0 Å². The van der Waals surface area contributed by atoms with E-state index in [1.54, 1.807) is 11.3 Å². The number of aromatic nitrogens is 2. The van der Waals surface area contributed by atoms with E-state index in [0.29, 0.717) is 23.9 Å². The molecule has 120 valence electrons. The lowest BCUT2D eigenvalue weighted by Gasteiger charge is -2.04. The summed E-state index contributed by atoms with van der Waals surface area (Å²) in [6, 6.07) is 0. The molecule has 0 saturated heterocycles. The molecule has 0 aliphatic rings. The third-order valence-electron chi connectivity index (χ3n) is 3.25. The normalized spacial score (nSPS) is 11.0. The van der Waals surface area contributed by atoms with Gasteiger partial charge >= 0.3 is 0 Å². The number of nitrogens with zero attached hydrogens (tertiary/aromatic N) is 2. The number of rotatable bonds is 7. The summed E-state index contributed by atoms with van der Waals surface area (Å²) < 4.78 is 0. The van der Waals surface area contributed by atoms with E-state index < -0.39 is 0 Å². The predicted molar refractivity (Wildman–Crippen MR) is 91.4 cm³/mol. The van der Waals surface area contributed by atoms with Crippen molar-refractivity contribution in [2.45, 2.75) is 31.8 Å². The summed E-state index contributed by atoms with van der Waals surface area (Å²) in [5.41, 5.74) is 7.18. The number of aliphatic hydroxyl groups excluding tert-OH is 1. The van der Waals surface area contributed by atoms with E-state index in [1.807, 2.05) is 6.92 Å². The van der Waals surface area contributed by atoms with Crippen molar-refractivity contribution in [2.75, 3.05) is 24.6 Å². The molecule has 2 aromatic rings. The van der Waals surface area contributed by atoms with Crippen LogP contribution < -0.4 is 11.1 Å². The minimum atomic E-state index is -0.0463. The van der Waals surface area contributed by atoms with Gasteiger partial charge in [0.25, 0.3) is 0 Å². The van der Waals surface area contributed by atoms with Crippen LogP contribution in [0.2, 0.25) is 0 Å². The first-order valence-electron chi connectivity index (χ1n) is 7.06. The van der Waals surface area contributed by atoms with Crippen LogP contribution in [0.1, 0.15) is 23.3 Å². The van der Waals surface area contributed by atoms with E-state index in [1.165, 1.54) is 16.6 Å². The van der Waals surface area contributed by atoms with Crippen molar-refractivity contribution in [3.05, 3.63) is 10.4 Å². The predicted octanol–water partition coefficient (Wildman–Crippen LogP) is 1.87. The van der Waals surface area contributed by atoms with E-state index in [0.717, 1.165) is 28.0 Å². The van der Waals surface area contributed by atoms with Gasteiger partial charge < -0.3 is 16.2 Å². The maximum Gasteiger partial charge on any atom is 0.220 e. The van der Waals surface area contributed by atoms with E-state index in [4.69, 9.17) is 10.8 Å². The second-order valence-electron chi connectivity index (χ2n) is 4.88. The van der Waals surface area contributed by atoms with Crippen LogP contribution in [0.15, 0.2) is 5.16 Å². The third-order valence-corrected chi connectivity index (χ3v) is 5.28. The SMILES string of the molecule is Cc1sc2nc(SCCCC(=O)NCCO)nc(N)c2c1C. The zero-order valence-electron chi connectivity index (χ0n) is 12.7. The second-order valence-corrected chi connectivity index (χ2v) is 7.15. The minimum absolute atomic E-state index is 0.0345. The van der Waals surface area contributed by atoms with Crippen molar-refractivity contribution in [3.63, 3.8) is 0 Å². The molecule has 0 saturated carbocycles. The number of carbonyl (C=O) groups excluding carboxylic acids is 1. The monoisotopic (exact) mass is 340 g/mol. The number of amides is 1. The lowest BCUT2D eigenvalue weighted by Crippen LogP contribution is -2.26. The van der Waals surface area contributed by atoms with Crippen LogP contribution in [0.4, 0.5) is 5.82 Å². The molecule has 1 amide bonds. The van der Waals surface area contributed by atoms with Gasteiger partial charge in [0.1, 0.15) is 10.6 Å². The van der Waals surface area contributed by atoms with Crippen molar-refractivity contribution in [2.24, 2.45) is 0 Å². The van der Waals surface area contributed by atoms with Crippen molar-refractivity contribution < 1.29 is 9.90 Å². The van der Waals surface area contributed by atoms with Crippen LogP contribution in [0.5, 0.6) is 0 Å². The molecule has 2 rings (SSSR count). The molecule has 0 radical (unpaired) electrons. The summed E-state index contributed by atoms with van der Waals surface area (Å²) in [6.07, 6.45) is 1.16. The summed E-state index contributed by atoms with van der Waals surface area (Å²) in [4.78, 5) is 22.4. The number of hydrogen-bond donors (Lipinski definition) is 3. The van der Waals surface area contributed by atoms with Crippen molar-refractivity contribution >= 4 is 45.0 Å². The highest BCUT2D eigenvalue weighted by atomic mass is 32.2. The molecule has 0 atom stereocenters. The molecule has 8 heteroatoms. The molecule has 6 nitrogen and oxygen atoms in total. The molecule has 4 N–H and O–H groups in total. The highest BCUT2D eigenvalue weighted by Crippen LogP contribution is 2.33. The average Bonchev–Trinajstić information content (AvgIpc) is 2.76.